The molecule has 12 nitrogen and oxygen atoms in total. The van der Waals surface area contributed by atoms with Gasteiger partial charge in [0.25, 0.3) is 0 Å². The highest BCUT2D eigenvalue weighted by Crippen LogP contribution is 2.18. The summed E-state index contributed by atoms with van der Waals surface area (Å²) in [4.78, 5) is 62.9. The number of benzene rings is 1. The van der Waals surface area contributed by atoms with Crippen LogP contribution in [0.3, 0.4) is 0 Å². The first-order valence-electron chi connectivity index (χ1n) is 11.1. The van der Waals surface area contributed by atoms with E-state index in [2.05, 4.69) is 20.9 Å². The Labute approximate surface area is 201 Å². The number of fused-ring (bicyclic) bond motifs is 1. The van der Waals surface area contributed by atoms with Gasteiger partial charge in [0.1, 0.15) is 18.6 Å². The number of aromatic amines is 1. The maximum Gasteiger partial charge on any atom is 0.322 e. The molecular weight excluding hydrogens is 458 g/mol. The van der Waals surface area contributed by atoms with Gasteiger partial charge in [0.05, 0.1) is 6.04 Å². The van der Waals surface area contributed by atoms with Crippen molar-refractivity contribution in [2.75, 3.05) is 6.54 Å². The van der Waals surface area contributed by atoms with Gasteiger partial charge in [-0.05, 0) is 30.4 Å². The number of amides is 3. The van der Waals surface area contributed by atoms with Gasteiger partial charge >= 0.3 is 11.9 Å². The number of hydrogen-bond acceptors (Lipinski definition) is 6. The summed E-state index contributed by atoms with van der Waals surface area (Å²) in [6, 6.07) is 4.12. The van der Waals surface area contributed by atoms with E-state index < -0.39 is 66.7 Å². The largest absolute Gasteiger partial charge is 0.481 e. The third-order valence-electron chi connectivity index (χ3n) is 5.39. The number of para-hydroxylation sites is 1. The average Bonchev–Trinajstić information content (AvgIpc) is 3.20. The molecule has 1 aromatic carbocycles. The van der Waals surface area contributed by atoms with Crippen molar-refractivity contribution >= 4 is 40.6 Å². The molecule has 0 saturated heterocycles. The molecule has 190 valence electrons. The number of aromatic nitrogens is 1. The highest BCUT2D eigenvalue weighted by Gasteiger charge is 2.30. The molecule has 0 aliphatic carbocycles. The van der Waals surface area contributed by atoms with Crippen LogP contribution in [-0.4, -0.2) is 69.5 Å². The maximum atomic E-state index is 12.9. The number of nitrogens with one attached hydrogen (secondary N) is 4. The minimum Gasteiger partial charge on any atom is -0.481 e. The number of carbonyl (C=O) groups excluding carboxylic acids is 3. The van der Waals surface area contributed by atoms with Crippen molar-refractivity contribution in [3.63, 3.8) is 0 Å². The Morgan fingerprint density at radius 1 is 0.971 bits per heavy atom. The maximum absolute atomic E-state index is 12.9. The normalized spacial score (nSPS) is 13.6. The van der Waals surface area contributed by atoms with Gasteiger partial charge in [0, 0.05) is 23.5 Å². The second-order valence-corrected chi connectivity index (χ2v) is 8.51. The summed E-state index contributed by atoms with van der Waals surface area (Å²) in [5, 5.41) is 25.9. The summed E-state index contributed by atoms with van der Waals surface area (Å²) >= 11 is 0. The molecule has 0 aliphatic heterocycles. The molecule has 0 saturated carbocycles. The van der Waals surface area contributed by atoms with E-state index in [0.29, 0.717) is 0 Å². The lowest BCUT2D eigenvalue weighted by Crippen LogP contribution is -2.57. The molecule has 1 heterocycles. The number of H-pyrrole nitrogens is 1. The molecule has 0 fully saturated rings. The van der Waals surface area contributed by atoms with E-state index >= 15 is 0 Å². The second-order valence-electron chi connectivity index (χ2n) is 8.51. The van der Waals surface area contributed by atoms with E-state index in [1.807, 2.05) is 24.3 Å². The van der Waals surface area contributed by atoms with Crippen LogP contribution in [0.5, 0.6) is 0 Å². The summed E-state index contributed by atoms with van der Waals surface area (Å²) in [6.07, 6.45) is 1.28. The van der Waals surface area contributed by atoms with Crippen molar-refractivity contribution in [2.45, 2.75) is 51.2 Å². The fraction of sp³-hybridized carbons (Fsp3) is 0.435. The van der Waals surface area contributed by atoms with Crippen LogP contribution in [0.1, 0.15) is 32.3 Å². The molecule has 3 amide bonds. The zero-order chi connectivity index (χ0) is 26.1. The summed E-state index contributed by atoms with van der Waals surface area (Å²) in [7, 11) is 0. The zero-order valence-electron chi connectivity index (χ0n) is 19.5. The molecule has 12 heteroatoms. The van der Waals surface area contributed by atoms with Crippen LogP contribution < -0.4 is 21.7 Å². The van der Waals surface area contributed by atoms with Crippen molar-refractivity contribution in [1.82, 2.24) is 20.9 Å². The van der Waals surface area contributed by atoms with Crippen LogP contribution >= 0.6 is 0 Å². The van der Waals surface area contributed by atoms with Crippen LogP contribution in [0.15, 0.2) is 30.5 Å². The van der Waals surface area contributed by atoms with E-state index in [9.17, 15) is 24.0 Å². The predicted molar refractivity (Wildman–Crippen MR) is 126 cm³/mol. The molecule has 2 aromatic rings. The summed E-state index contributed by atoms with van der Waals surface area (Å²) in [5.41, 5.74) is 7.77. The van der Waals surface area contributed by atoms with Gasteiger partial charge in [0.15, 0.2) is 0 Å². The van der Waals surface area contributed by atoms with Gasteiger partial charge in [-0.3, -0.25) is 24.0 Å². The molecule has 0 aliphatic rings. The Morgan fingerprint density at radius 2 is 1.66 bits per heavy atom. The first-order chi connectivity index (χ1) is 16.5. The Balaban J connectivity index is 2.10. The van der Waals surface area contributed by atoms with Gasteiger partial charge in [-0.25, -0.2) is 0 Å². The van der Waals surface area contributed by atoms with E-state index in [0.717, 1.165) is 16.5 Å². The van der Waals surface area contributed by atoms with Crippen molar-refractivity contribution < 1.29 is 34.2 Å². The number of rotatable bonds is 13. The van der Waals surface area contributed by atoms with Crippen molar-refractivity contribution in [3.8, 4) is 0 Å². The Bertz CT molecular complexity index is 1080. The predicted octanol–water partition coefficient (Wildman–Crippen LogP) is -0.271. The molecule has 1 aromatic heterocycles. The number of aliphatic carboxylic acids is 2. The molecule has 0 bridgehead atoms. The molecular formula is C23H31N5O7. The molecule has 8 N–H and O–H groups in total. The Kier molecular flexibility index (Phi) is 9.76. The average molecular weight is 490 g/mol. The van der Waals surface area contributed by atoms with E-state index in [1.54, 1.807) is 20.0 Å². The fourth-order valence-corrected chi connectivity index (χ4v) is 3.51. The Hall–Kier alpha value is -3.93. The summed E-state index contributed by atoms with van der Waals surface area (Å²) in [5.74, 6) is -4.97. The third-order valence-corrected chi connectivity index (χ3v) is 5.39. The van der Waals surface area contributed by atoms with Crippen molar-refractivity contribution in [3.05, 3.63) is 36.0 Å². The summed E-state index contributed by atoms with van der Waals surface area (Å²) < 4.78 is 0. The van der Waals surface area contributed by atoms with Gasteiger partial charge < -0.3 is 36.9 Å². The van der Waals surface area contributed by atoms with E-state index in [-0.39, 0.29) is 12.8 Å². The quantitative estimate of drug-likeness (QED) is 0.199. The molecule has 0 spiro atoms. The smallest absolute Gasteiger partial charge is 0.322 e. The van der Waals surface area contributed by atoms with Crippen LogP contribution in [0.25, 0.3) is 10.9 Å². The minimum atomic E-state index is -1.26. The molecule has 3 unspecified atom stereocenters. The van der Waals surface area contributed by atoms with Crippen molar-refractivity contribution in [1.29, 1.82) is 0 Å². The minimum absolute atomic E-state index is 0.176. The van der Waals surface area contributed by atoms with Crippen LogP contribution in [0.2, 0.25) is 0 Å². The number of carbonyl (C=O) groups is 5. The first kappa shape index (κ1) is 27.3. The monoisotopic (exact) mass is 489 g/mol. The fourth-order valence-electron chi connectivity index (χ4n) is 3.51. The lowest BCUT2D eigenvalue weighted by molar-refractivity contribution is -0.139. The van der Waals surface area contributed by atoms with Gasteiger partial charge in [-0.1, -0.05) is 32.0 Å². The SMILES string of the molecule is CC(C)C(NC(=O)C(CCC(=O)O)NC(=O)C(N)Cc1c[nH]c2ccccc12)C(=O)NCC(=O)O. The molecule has 2 rings (SSSR count). The summed E-state index contributed by atoms with van der Waals surface area (Å²) in [6.45, 7) is 2.67. The topological polar surface area (TPSA) is 204 Å². The number of carboxylic acids is 2. The molecule has 35 heavy (non-hydrogen) atoms. The molecule has 0 radical (unpaired) electrons. The zero-order valence-corrected chi connectivity index (χ0v) is 19.5. The van der Waals surface area contributed by atoms with Gasteiger partial charge in [-0.15, -0.1) is 0 Å². The Morgan fingerprint density at radius 3 is 2.29 bits per heavy atom. The van der Waals surface area contributed by atoms with E-state index in [1.165, 1.54) is 0 Å². The van der Waals surface area contributed by atoms with Crippen LogP contribution in [-0.2, 0) is 30.4 Å². The first-order valence-corrected chi connectivity index (χ1v) is 11.1. The van der Waals surface area contributed by atoms with Gasteiger partial charge in [-0.2, -0.15) is 0 Å². The number of hydrogen-bond donors (Lipinski definition) is 7. The second kappa shape index (κ2) is 12.5. The van der Waals surface area contributed by atoms with E-state index in [4.69, 9.17) is 15.9 Å². The lowest BCUT2D eigenvalue weighted by atomic mass is 10.0. The third kappa shape index (κ3) is 8.10. The van der Waals surface area contributed by atoms with Gasteiger partial charge in [0.2, 0.25) is 17.7 Å². The number of nitrogens with two attached hydrogens (primary N) is 1. The highest BCUT2D eigenvalue weighted by atomic mass is 16.4. The standard InChI is InChI=1S/C23H31N5O7/c1-12(2)20(23(35)26-11-19(31)32)28-22(34)17(7-8-18(29)30)27-21(33)15(24)9-13-10-25-16-6-4-3-5-14(13)16/h3-6,10,12,15,17,20,25H,7-9,11,24H2,1-2H3,(H,26,35)(H,27,33)(H,28,34)(H,29,30)(H,31,32). The molecule has 3 atom stereocenters. The lowest BCUT2D eigenvalue weighted by Gasteiger charge is -2.25. The highest BCUT2D eigenvalue weighted by molar-refractivity contribution is 5.94. The van der Waals surface area contributed by atoms with Crippen LogP contribution in [0.4, 0.5) is 0 Å². The van der Waals surface area contributed by atoms with Crippen molar-refractivity contribution in [2.24, 2.45) is 11.7 Å². The number of carboxylic acid groups (broad SMARTS) is 2. The van der Waals surface area contributed by atoms with Crippen LogP contribution in [0, 0.1) is 5.92 Å².